The highest BCUT2D eigenvalue weighted by molar-refractivity contribution is 5.95. The van der Waals surface area contributed by atoms with E-state index in [1.807, 2.05) is 24.3 Å². The van der Waals surface area contributed by atoms with E-state index in [0.717, 1.165) is 24.0 Å². The highest BCUT2D eigenvalue weighted by Crippen LogP contribution is 2.39. The van der Waals surface area contributed by atoms with E-state index in [1.165, 1.54) is 102 Å². The van der Waals surface area contributed by atoms with Crippen LogP contribution in [0.25, 0.3) is 11.1 Å². The Morgan fingerprint density at radius 3 is 1.63 bits per heavy atom. The summed E-state index contributed by atoms with van der Waals surface area (Å²) < 4.78 is 0. The van der Waals surface area contributed by atoms with Gasteiger partial charge in [-0.3, -0.25) is 0 Å². The van der Waals surface area contributed by atoms with Crippen molar-refractivity contribution >= 4 is 5.97 Å². The molecule has 2 rings (SSSR count). The molecule has 0 aliphatic rings. The summed E-state index contributed by atoms with van der Waals surface area (Å²) in [6.07, 6.45) is 22.6. The first-order chi connectivity index (χ1) is 18.3. The van der Waals surface area contributed by atoms with Gasteiger partial charge in [0.1, 0.15) is 11.3 Å². The van der Waals surface area contributed by atoms with Gasteiger partial charge >= 0.3 is 5.97 Å². The topological polar surface area (TPSA) is 57.5 Å². The van der Waals surface area contributed by atoms with Gasteiger partial charge < -0.3 is 10.2 Å². The van der Waals surface area contributed by atoms with E-state index in [-0.39, 0.29) is 16.7 Å². The van der Waals surface area contributed by atoms with Gasteiger partial charge in [-0.05, 0) is 47.1 Å². The summed E-state index contributed by atoms with van der Waals surface area (Å²) in [6, 6.07) is 11.7. The Morgan fingerprint density at radius 2 is 1.16 bits per heavy atom. The molecule has 0 saturated carbocycles. The number of aromatic hydroxyl groups is 1. The molecule has 0 bridgehead atoms. The van der Waals surface area contributed by atoms with Crippen molar-refractivity contribution in [3.63, 3.8) is 0 Å². The van der Waals surface area contributed by atoms with Gasteiger partial charge in [-0.2, -0.15) is 0 Å². The Hall–Kier alpha value is -2.29. The van der Waals surface area contributed by atoms with E-state index in [0.29, 0.717) is 5.56 Å². The molecule has 2 aromatic rings. The smallest absolute Gasteiger partial charge is 0.339 e. The van der Waals surface area contributed by atoms with Crippen LogP contribution in [0, 0.1) is 0 Å². The second-order valence-electron chi connectivity index (χ2n) is 12.2. The highest BCUT2D eigenvalue weighted by atomic mass is 16.4. The molecule has 2 aromatic carbocycles. The zero-order valence-electron chi connectivity index (χ0n) is 24.8. The average Bonchev–Trinajstić information content (AvgIpc) is 2.88. The number of hydrogen-bond donors (Lipinski definition) is 2. The Kier molecular flexibility index (Phi) is 14.6. The molecule has 0 aliphatic carbocycles. The van der Waals surface area contributed by atoms with E-state index in [1.54, 1.807) is 6.07 Å². The number of rotatable bonds is 19. The standard InChI is InChI=1S/C35H54O3/c1-5-6-7-8-9-10-11-12-13-14-15-16-17-18-19-20-23-28-24-21-22-25-30(28)31-26-29(35(2,3)4)27-32(33(31)36)34(37)38/h21-22,24-27,36H,5-20,23H2,1-4H3,(H,37,38). The van der Waals surface area contributed by atoms with Gasteiger partial charge in [0.15, 0.2) is 0 Å². The van der Waals surface area contributed by atoms with Crippen LogP contribution in [0.1, 0.15) is 152 Å². The molecule has 38 heavy (non-hydrogen) atoms. The number of carboxylic acids is 1. The first kappa shape index (κ1) is 31.9. The third-order valence-corrected chi connectivity index (χ3v) is 7.81. The summed E-state index contributed by atoms with van der Waals surface area (Å²) in [5.41, 5.74) is 3.43. The van der Waals surface area contributed by atoms with Gasteiger partial charge in [0.05, 0.1) is 0 Å². The average molecular weight is 523 g/mol. The van der Waals surface area contributed by atoms with Crippen molar-refractivity contribution in [2.75, 3.05) is 0 Å². The number of carboxylic acid groups (broad SMARTS) is 1. The van der Waals surface area contributed by atoms with Crippen LogP contribution in [-0.2, 0) is 11.8 Å². The quantitative estimate of drug-likeness (QED) is 0.180. The first-order valence-electron chi connectivity index (χ1n) is 15.4. The molecule has 2 N–H and O–H groups in total. The molecule has 0 aliphatic heterocycles. The fraction of sp³-hybridized carbons (Fsp3) is 0.629. The molecule has 0 heterocycles. The Balaban J connectivity index is 1.74. The maximum atomic E-state index is 11.8. The molecule has 0 amide bonds. The van der Waals surface area contributed by atoms with E-state index < -0.39 is 5.97 Å². The first-order valence-corrected chi connectivity index (χ1v) is 15.4. The van der Waals surface area contributed by atoms with E-state index >= 15 is 0 Å². The molecule has 0 spiro atoms. The number of hydrogen-bond acceptors (Lipinski definition) is 2. The fourth-order valence-electron chi connectivity index (χ4n) is 5.30. The molecular formula is C35H54O3. The Bertz CT molecular complexity index is 954. The van der Waals surface area contributed by atoms with Crippen LogP contribution in [0.3, 0.4) is 0 Å². The molecule has 212 valence electrons. The zero-order valence-corrected chi connectivity index (χ0v) is 24.8. The third kappa shape index (κ3) is 11.2. The van der Waals surface area contributed by atoms with E-state index in [2.05, 4.69) is 33.8 Å². The minimum Gasteiger partial charge on any atom is -0.506 e. The van der Waals surface area contributed by atoms with Gasteiger partial charge in [-0.15, -0.1) is 0 Å². The fourth-order valence-corrected chi connectivity index (χ4v) is 5.30. The second-order valence-corrected chi connectivity index (χ2v) is 12.2. The van der Waals surface area contributed by atoms with Crippen LogP contribution in [0.4, 0.5) is 0 Å². The summed E-state index contributed by atoms with van der Waals surface area (Å²) in [5, 5.41) is 20.6. The van der Waals surface area contributed by atoms with Gasteiger partial charge in [0, 0.05) is 5.56 Å². The predicted octanol–water partition coefficient (Wildman–Crippen LogP) is 10.9. The number of aryl methyl sites for hydroxylation is 1. The van der Waals surface area contributed by atoms with Crippen molar-refractivity contribution in [1.29, 1.82) is 0 Å². The molecule has 0 atom stereocenters. The molecule has 3 nitrogen and oxygen atoms in total. The number of unbranched alkanes of at least 4 members (excludes halogenated alkanes) is 15. The summed E-state index contributed by atoms with van der Waals surface area (Å²) in [6.45, 7) is 8.48. The van der Waals surface area contributed by atoms with Gasteiger partial charge in [-0.25, -0.2) is 4.79 Å². The largest absolute Gasteiger partial charge is 0.506 e. The summed E-state index contributed by atoms with van der Waals surface area (Å²) >= 11 is 0. The lowest BCUT2D eigenvalue weighted by Crippen LogP contribution is -2.13. The van der Waals surface area contributed by atoms with Crippen LogP contribution in [0.5, 0.6) is 5.75 Å². The van der Waals surface area contributed by atoms with Crippen LogP contribution in [0.15, 0.2) is 36.4 Å². The maximum Gasteiger partial charge on any atom is 0.339 e. The molecule has 0 aromatic heterocycles. The van der Waals surface area contributed by atoms with Crippen molar-refractivity contribution in [3.8, 4) is 16.9 Å². The Morgan fingerprint density at radius 1 is 0.684 bits per heavy atom. The molecule has 0 radical (unpaired) electrons. The third-order valence-electron chi connectivity index (χ3n) is 7.81. The van der Waals surface area contributed by atoms with Crippen LogP contribution >= 0.6 is 0 Å². The zero-order chi connectivity index (χ0) is 27.8. The monoisotopic (exact) mass is 522 g/mol. The van der Waals surface area contributed by atoms with Crippen LogP contribution < -0.4 is 0 Å². The summed E-state index contributed by atoms with van der Waals surface area (Å²) in [7, 11) is 0. The lowest BCUT2D eigenvalue weighted by atomic mass is 9.83. The van der Waals surface area contributed by atoms with Gasteiger partial charge in [-0.1, -0.05) is 148 Å². The SMILES string of the molecule is CCCCCCCCCCCCCCCCCCc1ccccc1-c1cc(C(C)(C)C)cc(C(=O)O)c1O. The molecule has 3 heteroatoms. The summed E-state index contributed by atoms with van der Waals surface area (Å²) in [4.78, 5) is 11.8. The molecule has 0 fully saturated rings. The number of phenols is 1. The lowest BCUT2D eigenvalue weighted by Gasteiger charge is -2.22. The molecular weight excluding hydrogens is 468 g/mol. The van der Waals surface area contributed by atoms with Gasteiger partial charge in [0.25, 0.3) is 0 Å². The van der Waals surface area contributed by atoms with Crippen LogP contribution in [-0.4, -0.2) is 16.2 Å². The molecule has 0 saturated heterocycles. The van der Waals surface area contributed by atoms with Gasteiger partial charge in [0.2, 0.25) is 0 Å². The van der Waals surface area contributed by atoms with E-state index in [4.69, 9.17) is 0 Å². The number of carbonyl (C=O) groups is 1. The second kappa shape index (κ2) is 17.3. The minimum absolute atomic E-state index is 0.0235. The van der Waals surface area contributed by atoms with Crippen LogP contribution in [0.2, 0.25) is 0 Å². The lowest BCUT2D eigenvalue weighted by molar-refractivity contribution is 0.0693. The maximum absolute atomic E-state index is 11.8. The predicted molar refractivity (Wildman–Crippen MR) is 162 cm³/mol. The number of aromatic carboxylic acids is 1. The van der Waals surface area contributed by atoms with Crippen molar-refractivity contribution in [2.45, 2.75) is 142 Å². The van der Waals surface area contributed by atoms with Crippen molar-refractivity contribution < 1.29 is 15.0 Å². The van der Waals surface area contributed by atoms with Crippen molar-refractivity contribution in [1.82, 2.24) is 0 Å². The minimum atomic E-state index is -1.09. The van der Waals surface area contributed by atoms with Crippen molar-refractivity contribution in [3.05, 3.63) is 53.1 Å². The number of benzene rings is 2. The Labute approximate surface area is 233 Å². The highest BCUT2D eigenvalue weighted by Gasteiger charge is 2.23. The molecule has 0 unspecified atom stereocenters. The normalized spacial score (nSPS) is 11.7. The summed E-state index contributed by atoms with van der Waals surface area (Å²) in [5.74, 6) is -1.23. The van der Waals surface area contributed by atoms with E-state index in [9.17, 15) is 15.0 Å². The van der Waals surface area contributed by atoms with Crippen molar-refractivity contribution in [2.24, 2.45) is 0 Å².